The van der Waals surface area contributed by atoms with Crippen LogP contribution in [0.4, 0.5) is 5.69 Å². The highest BCUT2D eigenvalue weighted by Crippen LogP contribution is 2.27. The zero-order chi connectivity index (χ0) is 22.1. The molecule has 1 fully saturated rings. The second-order valence-corrected chi connectivity index (χ2v) is 10.6. The molecule has 2 aromatic rings. The number of carboxylic acid groups (broad SMARTS) is 1. The molecule has 0 unspecified atom stereocenters. The zero-order valence-corrected chi connectivity index (χ0v) is 18.2. The van der Waals surface area contributed by atoms with E-state index in [4.69, 9.17) is 21.4 Å². The van der Waals surface area contributed by atoms with Gasteiger partial charge in [-0.3, -0.25) is 4.72 Å². The standard InChI is InChI=1S/C18H19ClN2O7S2/c1-12-2-3-14(30(26,27)21-6-8-28-9-7-21)11-17(12)20-29(24,25)13-4-5-16(19)15(10-13)18(22)23/h2-5,10-11,20H,6-9H2,1H3,(H,22,23). The Balaban J connectivity index is 1.96. The molecule has 1 heterocycles. The van der Waals surface area contributed by atoms with Gasteiger partial charge in [0.25, 0.3) is 10.0 Å². The molecule has 0 saturated carbocycles. The van der Waals surface area contributed by atoms with Gasteiger partial charge in [-0.05, 0) is 42.8 Å². The number of carbonyl (C=O) groups is 1. The number of anilines is 1. The monoisotopic (exact) mass is 474 g/mol. The number of hydrogen-bond acceptors (Lipinski definition) is 6. The number of benzene rings is 2. The van der Waals surface area contributed by atoms with Crippen LogP contribution in [0.2, 0.25) is 5.02 Å². The first-order chi connectivity index (χ1) is 14.0. The quantitative estimate of drug-likeness (QED) is 0.656. The molecule has 9 nitrogen and oxygen atoms in total. The van der Waals surface area contributed by atoms with Crippen molar-refractivity contribution in [3.05, 3.63) is 52.5 Å². The van der Waals surface area contributed by atoms with Gasteiger partial charge in [0.2, 0.25) is 10.0 Å². The largest absolute Gasteiger partial charge is 0.478 e. The molecule has 0 atom stereocenters. The SMILES string of the molecule is Cc1ccc(S(=O)(=O)N2CCOCC2)cc1NS(=O)(=O)c1ccc(Cl)c(C(=O)O)c1. The number of morpholine rings is 1. The molecule has 0 amide bonds. The normalized spacial score (nSPS) is 15.7. The molecule has 0 spiro atoms. The van der Waals surface area contributed by atoms with Crippen molar-refractivity contribution in [3.63, 3.8) is 0 Å². The second kappa shape index (κ2) is 8.52. The fourth-order valence-electron chi connectivity index (χ4n) is 2.85. The lowest BCUT2D eigenvalue weighted by Gasteiger charge is -2.26. The molecule has 2 aromatic carbocycles. The van der Waals surface area contributed by atoms with E-state index in [9.17, 15) is 21.6 Å². The second-order valence-electron chi connectivity index (χ2n) is 6.55. The van der Waals surface area contributed by atoms with Gasteiger partial charge in [-0.25, -0.2) is 21.6 Å². The third-order valence-electron chi connectivity index (χ3n) is 4.54. The first-order valence-electron chi connectivity index (χ1n) is 8.76. The van der Waals surface area contributed by atoms with Crippen LogP contribution in [-0.4, -0.2) is 58.5 Å². The van der Waals surface area contributed by atoms with E-state index < -0.39 is 26.0 Å². The molecular weight excluding hydrogens is 456 g/mol. The molecule has 0 aromatic heterocycles. The van der Waals surface area contributed by atoms with Crippen molar-refractivity contribution in [3.8, 4) is 0 Å². The maximum absolute atomic E-state index is 12.9. The van der Waals surface area contributed by atoms with E-state index in [1.807, 2.05) is 0 Å². The molecule has 1 aliphatic heterocycles. The highest BCUT2D eigenvalue weighted by molar-refractivity contribution is 7.92. The number of hydrogen-bond donors (Lipinski definition) is 2. The van der Waals surface area contributed by atoms with Crippen LogP contribution >= 0.6 is 11.6 Å². The van der Waals surface area contributed by atoms with Crippen molar-refractivity contribution in [2.45, 2.75) is 16.7 Å². The maximum atomic E-state index is 12.9. The molecular formula is C18H19ClN2O7S2. The van der Waals surface area contributed by atoms with Crippen LogP contribution < -0.4 is 4.72 Å². The predicted molar refractivity (Wildman–Crippen MR) is 110 cm³/mol. The van der Waals surface area contributed by atoms with Gasteiger partial charge in [0.15, 0.2) is 0 Å². The van der Waals surface area contributed by atoms with Gasteiger partial charge in [-0.15, -0.1) is 0 Å². The molecule has 162 valence electrons. The summed E-state index contributed by atoms with van der Waals surface area (Å²) in [7, 11) is -8.02. The van der Waals surface area contributed by atoms with Gasteiger partial charge < -0.3 is 9.84 Å². The average Bonchev–Trinajstić information content (AvgIpc) is 2.70. The number of nitrogens with one attached hydrogen (secondary N) is 1. The molecule has 0 radical (unpaired) electrons. The summed E-state index contributed by atoms with van der Waals surface area (Å²) < 4.78 is 60.1. The Morgan fingerprint density at radius 2 is 1.70 bits per heavy atom. The maximum Gasteiger partial charge on any atom is 0.337 e. The van der Waals surface area contributed by atoms with Gasteiger partial charge in [0, 0.05) is 13.1 Å². The van der Waals surface area contributed by atoms with Crippen LogP contribution in [0.1, 0.15) is 15.9 Å². The van der Waals surface area contributed by atoms with E-state index in [2.05, 4.69) is 4.72 Å². The number of aryl methyl sites for hydroxylation is 1. The van der Waals surface area contributed by atoms with Crippen molar-refractivity contribution < 1.29 is 31.5 Å². The van der Waals surface area contributed by atoms with E-state index in [1.165, 1.54) is 34.6 Å². The third kappa shape index (κ3) is 4.60. The molecule has 1 saturated heterocycles. The topological polar surface area (TPSA) is 130 Å². The highest BCUT2D eigenvalue weighted by Gasteiger charge is 2.27. The van der Waals surface area contributed by atoms with E-state index in [0.717, 1.165) is 6.07 Å². The van der Waals surface area contributed by atoms with Crippen LogP contribution in [0.3, 0.4) is 0 Å². The minimum Gasteiger partial charge on any atom is -0.478 e. The number of nitrogens with zero attached hydrogens (tertiary/aromatic N) is 1. The molecule has 12 heteroatoms. The summed E-state index contributed by atoms with van der Waals surface area (Å²) in [6.45, 7) is 2.60. The summed E-state index contributed by atoms with van der Waals surface area (Å²) in [4.78, 5) is 10.9. The van der Waals surface area contributed by atoms with Gasteiger partial charge in [-0.2, -0.15) is 4.31 Å². The van der Waals surface area contributed by atoms with Crippen LogP contribution in [-0.2, 0) is 24.8 Å². The first kappa shape index (κ1) is 22.5. The van der Waals surface area contributed by atoms with Crippen molar-refractivity contribution in [1.29, 1.82) is 0 Å². The van der Waals surface area contributed by atoms with E-state index >= 15 is 0 Å². The summed E-state index contributed by atoms with van der Waals surface area (Å²) in [5, 5.41) is 9.06. The summed E-state index contributed by atoms with van der Waals surface area (Å²) in [5.74, 6) is -1.37. The molecule has 30 heavy (non-hydrogen) atoms. The highest BCUT2D eigenvalue weighted by atomic mass is 35.5. The van der Waals surface area contributed by atoms with Gasteiger partial charge >= 0.3 is 5.97 Å². The Hall–Kier alpha value is -2.18. The number of sulfonamides is 2. The summed E-state index contributed by atoms with van der Waals surface area (Å²) in [5.41, 5.74) is 0.197. The third-order valence-corrected chi connectivity index (χ3v) is 8.13. The molecule has 0 aliphatic carbocycles. The van der Waals surface area contributed by atoms with Crippen LogP contribution in [0, 0.1) is 6.92 Å². The average molecular weight is 475 g/mol. The zero-order valence-electron chi connectivity index (χ0n) is 15.8. The van der Waals surface area contributed by atoms with Gasteiger partial charge in [0.1, 0.15) is 0 Å². The Labute approximate surface area is 179 Å². The van der Waals surface area contributed by atoms with Gasteiger partial charge in [-0.1, -0.05) is 17.7 Å². The minimum absolute atomic E-state index is 0.0602. The Bertz CT molecular complexity index is 1190. The number of halogens is 1. The Morgan fingerprint density at radius 3 is 2.33 bits per heavy atom. The van der Waals surface area contributed by atoms with E-state index in [-0.39, 0.29) is 52.4 Å². The van der Waals surface area contributed by atoms with Crippen molar-refractivity contribution >= 4 is 43.3 Å². The van der Waals surface area contributed by atoms with Crippen LogP contribution in [0.5, 0.6) is 0 Å². The molecule has 0 bridgehead atoms. The molecule has 1 aliphatic rings. The summed E-state index contributed by atoms with van der Waals surface area (Å²) in [6, 6.07) is 7.42. The summed E-state index contributed by atoms with van der Waals surface area (Å²) >= 11 is 5.80. The van der Waals surface area contributed by atoms with Crippen molar-refractivity contribution in [2.75, 3.05) is 31.0 Å². The lowest BCUT2D eigenvalue weighted by molar-refractivity contribution is 0.0696. The Kier molecular flexibility index (Phi) is 6.39. The predicted octanol–water partition coefficient (Wildman–Crippen LogP) is 2.17. The van der Waals surface area contributed by atoms with Gasteiger partial charge in [0.05, 0.1) is 39.3 Å². The van der Waals surface area contributed by atoms with E-state index in [1.54, 1.807) is 6.92 Å². The summed E-state index contributed by atoms with van der Waals surface area (Å²) in [6.07, 6.45) is 0. The number of ether oxygens (including phenoxy) is 1. The Morgan fingerprint density at radius 1 is 1.07 bits per heavy atom. The lowest BCUT2D eigenvalue weighted by Crippen LogP contribution is -2.40. The molecule has 2 N–H and O–H groups in total. The van der Waals surface area contributed by atoms with Crippen molar-refractivity contribution in [2.24, 2.45) is 0 Å². The van der Waals surface area contributed by atoms with E-state index in [0.29, 0.717) is 5.56 Å². The van der Waals surface area contributed by atoms with Crippen molar-refractivity contribution in [1.82, 2.24) is 4.31 Å². The number of carboxylic acids is 1. The number of aromatic carboxylic acids is 1. The molecule has 3 rings (SSSR count). The fraction of sp³-hybridized carbons (Fsp3) is 0.278. The first-order valence-corrected chi connectivity index (χ1v) is 12.1. The van der Waals surface area contributed by atoms with Crippen LogP contribution in [0.25, 0.3) is 0 Å². The fourth-order valence-corrected chi connectivity index (χ4v) is 5.63. The van der Waals surface area contributed by atoms with Crippen LogP contribution in [0.15, 0.2) is 46.2 Å². The lowest BCUT2D eigenvalue weighted by atomic mass is 10.2. The number of rotatable bonds is 6. The smallest absolute Gasteiger partial charge is 0.337 e. The minimum atomic E-state index is -4.20.